The van der Waals surface area contributed by atoms with E-state index in [9.17, 15) is 0 Å². The van der Waals surface area contributed by atoms with E-state index in [1.807, 2.05) is 6.92 Å². The largest absolute Gasteiger partial charge is 0.534 e. The van der Waals surface area contributed by atoms with Crippen LogP contribution in [0.4, 0.5) is 0 Å². The smallest absolute Gasteiger partial charge is 0.375 e. The summed E-state index contributed by atoms with van der Waals surface area (Å²) in [5.41, 5.74) is -0.294. The van der Waals surface area contributed by atoms with Gasteiger partial charge in [0.15, 0.2) is 5.73 Å². The van der Waals surface area contributed by atoms with Crippen LogP contribution in [0.1, 0.15) is 13.3 Å². The molecule has 0 aromatic carbocycles. The zero-order chi connectivity index (χ0) is 10.3. The summed E-state index contributed by atoms with van der Waals surface area (Å²) < 4.78 is 15.7. The van der Waals surface area contributed by atoms with Crippen LogP contribution in [0, 0.1) is 0 Å². The van der Waals surface area contributed by atoms with Gasteiger partial charge in [-0.05, 0) is 6.42 Å². The Morgan fingerprint density at radius 3 is 1.69 bits per heavy atom. The lowest BCUT2D eigenvalue weighted by Gasteiger charge is -2.29. The van der Waals surface area contributed by atoms with Crippen molar-refractivity contribution >= 4 is 8.80 Å². The molecule has 0 bridgehead atoms. The molecule has 0 aromatic heterocycles. The minimum atomic E-state index is -2.72. The van der Waals surface area contributed by atoms with E-state index in [1.165, 1.54) is 7.11 Å². The van der Waals surface area contributed by atoms with Crippen molar-refractivity contribution in [1.29, 1.82) is 0 Å². The molecule has 0 amide bonds. The Bertz CT molecular complexity index is 120. The Labute approximate surface area is 80.2 Å². The number of hydrogen-bond donors (Lipinski definition) is 0. The molecule has 0 aliphatic rings. The lowest BCUT2D eigenvalue weighted by atomic mass is 10.5. The maximum atomic E-state index is 5.23. The van der Waals surface area contributed by atoms with Gasteiger partial charge in [0.05, 0.1) is 7.11 Å². The molecule has 0 spiro atoms. The van der Waals surface area contributed by atoms with E-state index >= 15 is 0 Å². The van der Waals surface area contributed by atoms with Gasteiger partial charge in [0.2, 0.25) is 0 Å². The van der Waals surface area contributed by atoms with Gasteiger partial charge in [0, 0.05) is 21.3 Å². The van der Waals surface area contributed by atoms with E-state index in [1.54, 1.807) is 21.3 Å². The van der Waals surface area contributed by atoms with Gasteiger partial charge in [-0.3, -0.25) is 0 Å². The second-order valence-electron chi connectivity index (χ2n) is 2.38. The molecule has 0 aliphatic carbocycles. The van der Waals surface area contributed by atoms with E-state index in [2.05, 4.69) is 4.89 Å². The first-order valence-electron chi connectivity index (χ1n) is 4.05. The molecule has 0 rings (SSSR count). The van der Waals surface area contributed by atoms with Gasteiger partial charge >= 0.3 is 8.80 Å². The highest BCUT2D eigenvalue weighted by Crippen LogP contribution is 2.17. The first kappa shape index (κ1) is 13.0. The maximum Gasteiger partial charge on any atom is 0.534 e. The van der Waals surface area contributed by atoms with Gasteiger partial charge in [-0.25, -0.2) is 9.78 Å². The Morgan fingerprint density at radius 2 is 1.46 bits per heavy atom. The summed E-state index contributed by atoms with van der Waals surface area (Å²) in [6.45, 7) is 1.95. The van der Waals surface area contributed by atoms with Crippen LogP contribution >= 0.6 is 0 Å². The molecule has 5 nitrogen and oxygen atoms in total. The standard InChI is InChI=1S/C7H18O5Si/c1-6-7(12-8-2)13(9-3,10-4)11-5/h7H,6H2,1-5H3. The molecule has 1 unspecified atom stereocenters. The van der Waals surface area contributed by atoms with Crippen molar-refractivity contribution < 1.29 is 23.1 Å². The summed E-state index contributed by atoms with van der Waals surface area (Å²) in [6.07, 6.45) is 0.704. The lowest BCUT2D eigenvalue weighted by Crippen LogP contribution is -2.55. The predicted molar refractivity (Wildman–Crippen MR) is 49.0 cm³/mol. The summed E-state index contributed by atoms with van der Waals surface area (Å²) in [4.78, 5) is 9.62. The van der Waals surface area contributed by atoms with Crippen LogP contribution in [0.5, 0.6) is 0 Å². The zero-order valence-corrected chi connectivity index (χ0v) is 9.83. The van der Waals surface area contributed by atoms with Crippen molar-refractivity contribution in [3.63, 3.8) is 0 Å². The van der Waals surface area contributed by atoms with Crippen molar-refractivity contribution in [3.05, 3.63) is 0 Å². The fourth-order valence-corrected chi connectivity index (χ4v) is 3.14. The van der Waals surface area contributed by atoms with Crippen molar-refractivity contribution in [2.75, 3.05) is 28.4 Å². The molecule has 13 heavy (non-hydrogen) atoms. The minimum Gasteiger partial charge on any atom is -0.375 e. The molecule has 1 atom stereocenters. The van der Waals surface area contributed by atoms with Crippen LogP contribution in [-0.2, 0) is 23.1 Å². The molecule has 0 saturated heterocycles. The molecule has 0 aromatic rings. The van der Waals surface area contributed by atoms with Gasteiger partial charge in [-0.15, -0.1) is 0 Å². The van der Waals surface area contributed by atoms with Crippen LogP contribution in [0.25, 0.3) is 0 Å². The van der Waals surface area contributed by atoms with Crippen LogP contribution in [-0.4, -0.2) is 43.0 Å². The lowest BCUT2D eigenvalue weighted by molar-refractivity contribution is -0.296. The van der Waals surface area contributed by atoms with Gasteiger partial charge in [0.25, 0.3) is 0 Å². The summed E-state index contributed by atoms with van der Waals surface area (Å²) >= 11 is 0. The minimum absolute atomic E-state index is 0.294. The van der Waals surface area contributed by atoms with Crippen molar-refractivity contribution in [2.24, 2.45) is 0 Å². The van der Waals surface area contributed by atoms with Crippen LogP contribution in [0.2, 0.25) is 0 Å². The monoisotopic (exact) mass is 210 g/mol. The van der Waals surface area contributed by atoms with E-state index in [0.29, 0.717) is 6.42 Å². The predicted octanol–water partition coefficient (Wildman–Crippen LogP) is 0.760. The third-order valence-electron chi connectivity index (χ3n) is 1.83. The number of hydrogen-bond acceptors (Lipinski definition) is 5. The molecule has 0 heterocycles. The molecule has 0 aliphatic heterocycles. The normalized spacial score (nSPS) is 14.5. The first-order valence-corrected chi connectivity index (χ1v) is 5.85. The van der Waals surface area contributed by atoms with E-state index < -0.39 is 8.80 Å². The SMILES string of the molecule is CCC(OOC)[Si](OC)(OC)OC. The highest BCUT2D eigenvalue weighted by molar-refractivity contribution is 6.62. The topological polar surface area (TPSA) is 46.2 Å². The Morgan fingerprint density at radius 1 is 1.00 bits per heavy atom. The quantitative estimate of drug-likeness (QED) is 0.353. The van der Waals surface area contributed by atoms with Crippen LogP contribution < -0.4 is 0 Å². The van der Waals surface area contributed by atoms with Gasteiger partial charge in [0.1, 0.15) is 0 Å². The summed E-state index contributed by atoms with van der Waals surface area (Å²) in [5, 5.41) is 0. The second kappa shape index (κ2) is 6.47. The Hall–Kier alpha value is 0.0169. The Balaban J connectivity index is 4.45. The first-order chi connectivity index (χ1) is 6.20. The summed E-state index contributed by atoms with van der Waals surface area (Å²) in [5.74, 6) is 0. The average Bonchev–Trinajstić information content (AvgIpc) is 2.19. The van der Waals surface area contributed by atoms with Crippen molar-refractivity contribution in [3.8, 4) is 0 Å². The van der Waals surface area contributed by atoms with Crippen LogP contribution in [0.15, 0.2) is 0 Å². The van der Waals surface area contributed by atoms with Gasteiger partial charge < -0.3 is 13.3 Å². The highest BCUT2D eigenvalue weighted by atomic mass is 28.4. The average molecular weight is 210 g/mol. The molecule has 0 radical (unpaired) electrons. The molecule has 80 valence electrons. The summed E-state index contributed by atoms with van der Waals surface area (Å²) in [6, 6.07) is 0. The highest BCUT2D eigenvalue weighted by Gasteiger charge is 2.48. The summed E-state index contributed by atoms with van der Waals surface area (Å²) in [7, 11) is 3.36. The third kappa shape index (κ3) is 3.01. The van der Waals surface area contributed by atoms with E-state index in [-0.39, 0.29) is 5.73 Å². The molecule has 0 N–H and O–H groups in total. The van der Waals surface area contributed by atoms with Gasteiger partial charge in [-0.1, -0.05) is 6.92 Å². The van der Waals surface area contributed by atoms with Crippen molar-refractivity contribution in [1.82, 2.24) is 0 Å². The molecule has 0 saturated carbocycles. The number of rotatable bonds is 7. The van der Waals surface area contributed by atoms with Gasteiger partial charge in [-0.2, -0.15) is 0 Å². The zero-order valence-electron chi connectivity index (χ0n) is 8.83. The van der Waals surface area contributed by atoms with Crippen molar-refractivity contribution in [2.45, 2.75) is 19.1 Å². The van der Waals surface area contributed by atoms with E-state index in [0.717, 1.165) is 0 Å². The fraction of sp³-hybridized carbons (Fsp3) is 1.00. The Kier molecular flexibility index (Phi) is 6.48. The van der Waals surface area contributed by atoms with Crippen LogP contribution in [0.3, 0.4) is 0 Å². The maximum absolute atomic E-state index is 5.23. The molecular formula is C7H18O5Si. The molecule has 6 heteroatoms. The molecule has 0 fully saturated rings. The molecular weight excluding hydrogens is 192 g/mol. The second-order valence-corrected chi connectivity index (χ2v) is 5.45. The fourth-order valence-electron chi connectivity index (χ4n) is 1.14. The van der Waals surface area contributed by atoms with E-state index in [4.69, 9.17) is 18.2 Å². The third-order valence-corrected chi connectivity index (χ3v) is 4.83.